The first kappa shape index (κ1) is 12.9. The highest BCUT2D eigenvalue weighted by Gasteiger charge is 2.27. The molecule has 0 saturated heterocycles. The van der Waals surface area contributed by atoms with E-state index in [4.69, 9.17) is 11.6 Å². The molecule has 4 rings (SSSR count). The lowest BCUT2D eigenvalue weighted by Crippen LogP contribution is -2.32. The zero-order valence-electron chi connectivity index (χ0n) is 11.7. The van der Waals surface area contributed by atoms with E-state index in [2.05, 4.69) is 64.5 Å². The second-order valence-corrected chi connectivity index (χ2v) is 5.77. The molecule has 0 amide bonds. The van der Waals surface area contributed by atoms with Gasteiger partial charge in [0.25, 0.3) is 0 Å². The Morgan fingerprint density at radius 2 is 1.81 bits per heavy atom. The average molecular weight is 297 g/mol. The average Bonchev–Trinajstić information content (AvgIpc) is 2.90. The van der Waals surface area contributed by atoms with Crippen LogP contribution in [-0.2, 0) is 6.42 Å². The van der Waals surface area contributed by atoms with Crippen LogP contribution in [0.3, 0.4) is 0 Å². The van der Waals surface area contributed by atoms with E-state index in [0.29, 0.717) is 5.88 Å². The molecule has 3 heteroatoms. The van der Waals surface area contributed by atoms with Crippen LogP contribution in [0.2, 0.25) is 0 Å². The van der Waals surface area contributed by atoms with Gasteiger partial charge < -0.3 is 9.88 Å². The van der Waals surface area contributed by atoms with Crippen molar-refractivity contribution in [1.29, 1.82) is 0 Å². The molecule has 0 spiro atoms. The summed E-state index contributed by atoms with van der Waals surface area (Å²) < 4.78 is 2.36. The van der Waals surface area contributed by atoms with Crippen molar-refractivity contribution in [3.63, 3.8) is 0 Å². The van der Waals surface area contributed by atoms with E-state index in [1.54, 1.807) is 0 Å². The number of fused-ring (bicyclic) bond motifs is 3. The molecule has 2 aromatic carbocycles. The van der Waals surface area contributed by atoms with Crippen molar-refractivity contribution in [2.45, 2.75) is 12.5 Å². The Hall–Kier alpha value is -1.77. The van der Waals surface area contributed by atoms with E-state index >= 15 is 0 Å². The van der Waals surface area contributed by atoms with E-state index in [0.717, 1.165) is 13.0 Å². The SMILES string of the molecule is ClCC1NCCc2c1n(-c1ccccc1)c1ccccc21. The third kappa shape index (κ3) is 1.98. The molecule has 3 aromatic rings. The highest BCUT2D eigenvalue weighted by atomic mass is 35.5. The van der Waals surface area contributed by atoms with Crippen LogP contribution in [0.25, 0.3) is 16.6 Å². The van der Waals surface area contributed by atoms with Crippen LogP contribution in [0.15, 0.2) is 54.6 Å². The van der Waals surface area contributed by atoms with Gasteiger partial charge in [-0.25, -0.2) is 0 Å². The van der Waals surface area contributed by atoms with E-state index in [9.17, 15) is 0 Å². The number of hydrogen-bond donors (Lipinski definition) is 1. The van der Waals surface area contributed by atoms with Gasteiger partial charge in [0.1, 0.15) is 0 Å². The maximum Gasteiger partial charge on any atom is 0.0619 e. The van der Waals surface area contributed by atoms with Crippen LogP contribution >= 0.6 is 11.6 Å². The van der Waals surface area contributed by atoms with Crippen molar-refractivity contribution in [1.82, 2.24) is 9.88 Å². The second-order valence-electron chi connectivity index (χ2n) is 5.46. The molecule has 2 nitrogen and oxygen atoms in total. The largest absolute Gasteiger partial charge is 0.312 e. The number of rotatable bonds is 2. The fraction of sp³-hybridized carbons (Fsp3) is 0.222. The lowest BCUT2D eigenvalue weighted by Gasteiger charge is -2.25. The Balaban J connectivity index is 2.09. The number of para-hydroxylation sites is 2. The number of nitrogens with one attached hydrogen (secondary N) is 1. The summed E-state index contributed by atoms with van der Waals surface area (Å²) in [5.41, 5.74) is 5.24. The summed E-state index contributed by atoms with van der Waals surface area (Å²) in [4.78, 5) is 0. The molecule has 106 valence electrons. The Bertz CT molecular complexity index is 777. The van der Waals surface area contributed by atoms with Gasteiger partial charge in [-0.1, -0.05) is 36.4 Å². The maximum absolute atomic E-state index is 6.22. The van der Waals surface area contributed by atoms with Crippen molar-refractivity contribution >= 4 is 22.5 Å². The van der Waals surface area contributed by atoms with Crippen LogP contribution in [0.5, 0.6) is 0 Å². The highest BCUT2D eigenvalue weighted by Crippen LogP contribution is 2.35. The molecule has 1 aliphatic heterocycles. The van der Waals surface area contributed by atoms with E-state index in [-0.39, 0.29) is 6.04 Å². The predicted octanol–water partition coefficient (Wildman–Crippen LogP) is 4.06. The molecule has 1 unspecified atom stereocenters. The molecule has 0 bridgehead atoms. The van der Waals surface area contributed by atoms with Crippen molar-refractivity contribution in [3.05, 3.63) is 65.9 Å². The van der Waals surface area contributed by atoms with Gasteiger partial charge in [-0.2, -0.15) is 0 Å². The highest BCUT2D eigenvalue weighted by molar-refractivity contribution is 6.18. The number of hydrogen-bond acceptors (Lipinski definition) is 1. The lowest BCUT2D eigenvalue weighted by molar-refractivity contribution is 0.528. The minimum Gasteiger partial charge on any atom is -0.312 e. The van der Waals surface area contributed by atoms with E-state index < -0.39 is 0 Å². The molecule has 21 heavy (non-hydrogen) atoms. The number of benzene rings is 2. The Labute approximate surface area is 129 Å². The van der Waals surface area contributed by atoms with Crippen LogP contribution < -0.4 is 5.32 Å². The monoisotopic (exact) mass is 296 g/mol. The van der Waals surface area contributed by atoms with Gasteiger partial charge in [-0.05, 0) is 36.7 Å². The van der Waals surface area contributed by atoms with Gasteiger partial charge in [-0.15, -0.1) is 11.6 Å². The molecular weight excluding hydrogens is 280 g/mol. The first-order chi connectivity index (χ1) is 10.4. The van der Waals surface area contributed by atoms with Gasteiger partial charge in [0.05, 0.1) is 11.6 Å². The zero-order chi connectivity index (χ0) is 14.2. The summed E-state index contributed by atoms with van der Waals surface area (Å²) in [5, 5.41) is 4.90. The van der Waals surface area contributed by atoms with Gasteiger partial charge in [0.15, 0.2) is 0 Å². The molecule has 0 saturated carbocycles. The fourth-order valence-corrected chi connectivity index (χ4v) is 3.66. The maximum atomic E-state index is 6.22. The third-order valence-corrected chi connectivity index (χ3v) is 4.59. The normalized spacial score (nSPS) is 17.9. The zero-order valence-corrected chi connectivity index (χ0v) is 12.5. The molecule has 2 heterocycles. The summed E-state index contributed by atoms with van der Waals surface area (Å²) in [6.45, 7) is 0.993. The van der Waals surface area contributed by atoms with E-state index in [1.807, 2.05) is 0 Å². The molecular formula is C18H17ClN2. The fourth-order valence-electron chi connectivity index (χ4n) is 3.41. The summed E-state index contributed by atoms with van der Waals surface area (Å²) in [6, 6.07) is 19.4. The topological polar surface area (TPSA) is 17.0 Å². The van der Waals surface area contributed by atoms with Crippen molar-refractivity contribution in [3.8, 4) is 5.69 Å². The Morgan fingerprint density at radius 3 is 2.62 bits per heavy atom. The van der Waals surface area contributed by atoms with Crippen LogP contribution in [0.4, 0.5) is 0 Å². The first-order valence-corrected chi connectivity index (χ1v) is 7.90. The van der Waals surface area contributed by atoms with E-state index in [1.165, 1.54) is 27.8 Å². The minimum atomic E-state index is 0.211. The Morgan fingerprint density at radius 1 is 1.05 bits per heavy atom. The smallest absolute Gasteiger partial charge is 0.0619 e. The van der Waals surface area contributed by atoms with Gasteiger partial charge in [0.2, 0.25) is 0 Å². The summed E-state index contributed by atoms with van der Waals surface area (Å²) in [7, 11) is 0. The number of nitrogens with zero attached hydrogens (tertiary/aromatic N) is 1. The second kappa shape index (κ2) is 5.21. The van der Waals surface area contributed by atoms with Gasteiger partial charge in [-0.3, -0.25) is 0 Å². The summed E-state index contributed by atoms with van der Waals surface area (Å²) in [6.07, 6.45) is 1.06. The van der Waals surface area contributed by atoms with Gasteiger partial charge in [0, 0.05) is 22.6 Å². The molecule has 0 aliphatic carbocycles. The molecule has 0 fully saturated rings. The standard InChI is InChI=1S/C18H17ClN2/c19-12-16-18-15(10-11-20-16)14-8-4-5-9-17(14)21(18)13-6-2-1-3-7-13/h1-9,16,20H,10-12H2. The number of aromatic nitrogens is 1. The Kier molecular flexibility index (Phi) is 3.21. The van der Waals surface area contributed by atoms with Gasteiger partial charge >= 0.3 is 0 Å². The molecule has 1 N–H and O–H groups in total. The quantitative estimate of drug-likeness (QED) is 0.706. The van der Waals surface area contributed by atoms with Crippen LogP contribution in [0, 0.1) is 0 Å². The van der Waals surface area contributed by atoms with Crippen molar-refractivity contribution in [2.24, 2.45) is 0 Å². The number of halogens is 1. The number of alkyl halides is 1. The molecule has 1 aliphatic rings. The molecule has 1 atom stereocenters. The summed E-state index contributed by atoms with van der Waals surface area (Å²) >= 11 is 6.22. The predicted molar refractivity (Wildman–Crippen MR) is 88.4 cm³/mol. The van der Waals surface area contributed by atoms with Crippen LogP contribution in [-0.4, -0.2) is 17.0 Å². The first-order valence-electron chi connectivity index (χ1n) is 7.37. The van der Waals surface area contributed by atoms with Crippen LogP contribution in [0.1, 0.15) is 17.3 Å². The van der Waals surface area contributed by atoms with Crippen molar-refractivity contribution < 1.29 is 0 Å². The van der Waals surface area contributed by atoms with Crippen molar-refractivity contribution in [2.75, 3.05) is 12.4 Å². The summed E-state index contributed by atoms with van der Waals surface area (Å²) in [5.74, 6) is 0.593. The minimum absolute atomic E-state index is 0.211. The third-order valence-electron chi connectivity index (χ3n) is 4.28. The molecule has 0 radical (unpaired) electrons. The molecule has 1 aromatic heterocycles. The lowest BCUT2D eigenvalue weighted by atomic mass is 10.00.